The molecule has 4 bridgehead atoms. The maximum atomic E-state index is 6.51. The van der Waals surface area contributed by atoms with Crippen molar-refractivity contribution in [3.8, 4) is 0 Å². The van der Waals surface area contributed by atoms with Gasteiger partial charge in [0.1, 0.15) is 0 Å². The molecule has 4 saturated carbocycles. The van der Waals surface area contributed by atoms with Crippen LogP contribution in [0, 0.1) is 33.5 Å². The van der Waals surface area contributed by atoms with Crippen LogP contribution in [0.3, 0.4) is 0 Å². The Bertz CT molecular complexity index is 468. The van der Waals surface area contributed by atoms with Crippen molar-refractivity contribution in [3.63, 3.8) is 0 Å². The first-order chi connectivity index (χ1) is 10.6. The first-order valence-corrected chi connectivity index (χ1v) is 11.7. The minimum absolute atomic E-state index is 0. The van der Waals surface area contributed by atoms with Crippen LogP contribution in [0.25, 0.3) is 0 Å². The van der Waals surface area contributed by atoms with E-state index in [1.807, 2.05) is 0 Å². The fraction of sp³-hybridized carbons (Fsp3) is 1.00. The smallest absolute Gasteiger partial charge is 1.00 e. The van der Waals surface area contributed by atoms with E-state index in [1.54, 1.807) is 0 Å². The summed E-state index contributed by atoms with van der Waals surface area (Å²) in [6.07, 6.45) is 9.03. The molecular weight excluding hydrogens is 434 g/mol. The van der Waals surface area contributed by atoms with E-state index < -0.39 is 24.1 Å². The van der Waals surface area contributed by atoms with Crippen molar-refractivity contribution in [2.75, 3.05) is 0 Å². The second-order valence-corrected chi connectivity index (χ2v) is 12.1. The molecule has 0 saturated heterocycles. The summed E-state index contributed by atoms with van der Waals surface area (Å²) in [4.78, 5) is 0. The van der Waals surface area contributed by atoms with Crippen molar-refractivity contribution in [3.05, 3.63) is 0 Å². The van der Waals surface area contributed by atoms with E-state index in [2.05, 4.69) is 41.5 Å². The predicted octanol–water partition coefficient (Wildman–Crippen LogP) is -0.630. The van der Waals surface area contributed by atoms with Gasteiger partial charge in [0.05, 0.1) is 0 Å². The van der Waals surface area contributed by atoms with Gasteiger partial charge in [-0.05, 0) is 0 Å². The monoisotopic (exact) mass is 466 g/mol. The molecule has 0 aromatic heterocycles. The van der Waals surface area contributed by atoms with Crippen molar-refractivity contribution < 1.29 is 54.6 Å². The molecule has 0 spiro atoms. The first kappa shape index (κ1) is 22.7. The van der Waals surface area contributed by atoms with Crippen LogP contribution in [0.15, 0.2) is 0 Å². The summed E-state index contributed by atoms with van der Waals surface area (Å²) >= 11 is -1.17. The Hall–Kier alpha value is 1.38. The number of halogens is 2. The van der Waals surface area contributed by atoms with Crippen LogP contribution in [-0.4, -0.2) is 12.2 Å². The Morgan fingerprint density at radius 1 is 0.680 bits per heavy atom. The van der Waals surface area contributed by atoms with Gasteiger partial charge < -0.3 is 24.8 Å². The van der Waals surface area contributed by atoms with Gasteiger partial charge in [0.2, 0.25) is 0 Å². The Kier molecular flexibility index (Phi) is 6.36. The Morgan fingerprint density at radius 3 is 1.28 bits per heavy atom. The topological polar surface area (TPSA) is 18.5 Å². The van der Waals surface area contributed by atoms with Crippen LogP contribution in [0.2, 0.25) is 0 Å². The van der Waals surface area contributed by atoms with Crippen molar-refractivity contribution in [2.24, 2.45) is 33.5 Å². The number of hydrogen-bond acceptors (Lipinski definition) is 2. The second-order valence-electron chi connectivity index (χ2n) is 10.5. The molecule has 4 aliphatic rings. The zero-order valence-electron chi connectivity index (χ0n) is 16.6. The van der Waals surface area contributed by atoms with Crippen LogP contribution in [-0.2, 0) is 29.7 Å². The molecule has 0 aromatic carbocycles. The summed E-state index contributed by atoms with van der Waals surface area (Å²) < 4.78 is 13.0. The molecule has 0 amide bonds. The molecule has 5 heteroatoms. The summed E-state index contributed by atoms with van der Waals surface area (Å²) in [6.45, 7) is 14.8. The summed E-state index contributed by atoms with van der Waals surface area (Å²) in [7, 11) is 0. The summed E-state index contributed by atoms with van der Waals surface area (Å²) in [5, 5.41) is 0. The van der Waals surface area contributed by atoms with E-state index in [-0.39, 0.29) is 24.8 Å². The minimum atomic E-state index is -1.17. The third kappa shape index (κ3) is 2.88. The average molecular weight is 469 g/mol. The zero-order valence-corrected chi connectivity index (χ0v) is 20.6. The van der Waals surface area contributed by atoms with Gasteiger partial charge in [-0.25, -0.2) is 0 Å². The number of fused-ring (bicyclic) bond motifs is 4. The van der Waals surface area contributed by atoms with Crippen LogP contribution in [0.5, 0.6) is 0 Å². The molecule has 6 atom stereocenters. The van der Waals surface area contributed by atoms with Gasteiger partial charge in [0.15, 0.2) is 0 Å². The van der Waals surface area contributed by atoms with Crippen molar-refractivity contribution in [1.82, 2.24) is 0 Å². The van der Waals surface area contributed by atoms with Crippen molar-refractivity contribution >= 4 is 0 Å². The summed E-state index contributed by atoms with van der Waals surface area (Å²) in [5.74, 6) is 1.74. The fourth-order valence-corrected chi connectivity index (χ4v) is 9.22. The summed E-state index contributed by atoms with van der Waals surface area (Å²) in [5.41, 5.74) is 1.69. The third-order valence-corrected chi connectivity index (χ3v) is 11.7. The quantitative estimate of drug-likeness (QED) is 0.547. The van der Waals surface area contributed by atoms with Gasteiger partial charge in [-0.3, -0.25) is 0 Å². The largest absolute Gasteiger partial charge is 1.00 e. The van der Waals surface area contributed by atoms with Gasteiger partial charge in [0, 0.05) is 0 Å². The molecule has 6 unspecified atom stereocenters. The van der Waals surface area contributed by atoms with Crippen LogP contribution >= 0.6 is 0 Å². The molecular formula is C20H34Cl2O2Zr. The molecule has 4 aliphatic carbocycles. The number of rotatable bonds is 4. The average Bonchev–Trinajstić information content (AvgIpc) is 2.98. The van der Waals surface area contributed by atoms with E-state index in [4.69, 9.17) is 5.63 Å². The standard InChI is InChI=1S/2C10H17O.2ClH.Zr/c2*1-9(2)7-4-5-10(9,3)8(11)6-7;;;/h2*7-8H,4-6H2,1-3H3;2*1H;/q2*-1;;;+4/p-2. The minimum Gasteiger partial charge on any atom is -1.00 e. The maximum absolute atomic E-state index is 6.51. The molecule has 0 aromatic rings. The van der Waals surface area contributed by atoms with Crippen LogP contribution in [0.4, 0.5) is 0 Å². The van der Waals surface area contributed by atoms with Gasteiger partial charge >= 0.3 is 156 Å². The van der Waals surface area contributed by atoms with E-state index in [0.29, 0.717) is 33.9 Å². The number of hydrogen-bond donors (Lipinski definition) is 0. The van der Waals surface area contributed by atoms with Crippen LogP contribution < -0.4 is 24.8 Å². The first-order valence-electron chi connectivity index (χ1n) is 9.69. The SMILES string of the molecule is CC1(C)C2CCC1(C)C([O][Zr+2][O]C1CC3CCC1(C)C3(C)C)C2.[Cl-].[Cl-]. The van der Waals surface area contributed by atoms with Gasteiger partial charge in [0.25, 0.3) is 0 Å². The Balaban J connectivity index is 0.00000113. The molecule has 0 aliphatic heterocycles. The van der Waals surface area contributed by atoms with E-state index in [0.717, 1.165) is 11.8 Å². The zero-order chi connectivity index (χ0) is 16.7. The fourth-order valence-electron chi connectivity index (χ4n) is 6.76. The normalized spacial score (nSPS) is 47.9. The van der Waals surface area contributed by atoms with Crippen molar-refractivity contribution in [2.45, 2.75) is 92.3 Å². The summed E-state index contributed by atoms with van der Waals surface area (Å²) in [6, 6.07) is 0. The van der Waals surface area contributed by atoms with Gasteiger partial charge in [-0.2, -0.15) is 0 Å². The molecule has 25 heavy (non-hydrogen) atoms. The molecule has 4 rings (SSSR count). The van der Waals surface area contributed by atoms with E-state index >= 15 is 0 Å². The molecule has 2 nitrogen and oxygen atoms in total. The molecule has 0 heterocycles. The maximum Gasteiger partial charge on any atom is -1.00 e. The Morgan fingerprint density at radius 2 is 1.04 bits per heavy atom. The molecule has 0 radical (unpaired) electrons. The molecule has 4 fully saturated rings. The third-order valence-electron chi connectivity index (χ3n) is 9.81. The van der Waals surface area contributed by atoms with Gasteiger partial charge in [-0.1, -0.05) is 0 Å². The van der Waals surface area contributed by atoms with E-state index in [1.165, 1.54) is 38.5 Å². The van der Waals surface area contributed by atoms with Crippen molar-refractivity contribution in [1.29, 1.82) is 0 Å². The Labute approximate surface area is 179 Å². The van der Waals surface area contributed by atoms with E-state index in [9.17, 15) is 0 Å². The van der Waals surface area contributed by atoms with Gasteiger partial charge in [-0.15, -0.1) is 0 Å². The molecule has 144 valence electrons. The predicted molar refractivity (Wildman–Crippen MR) is 88.2 cm³/mol. The second kappa shape index (κ2) is 7.01. The van der Waals surface area contributed by atoms with Crippen LogP contribution in [0.1, 0.15) is 80.1 Å². The molecule has 0 N–H and O–H groups in total.